The first kappa shape index (κ1) is 18.4. The molecular formula is C23H26N4O. The van der Waals surface area contributed by atoms with Gasteiger partial charge in [0.2, 0.25) is 0 Å². The molecule has 1 unspecified atom stereocenters. The molecule has 4 rings (SSSR count). The Kier molecular flexibility index (Phi) is 5.83. The lowest BCUT2D eigenvalue weighted by Crippen LogP contribution is -2.40. The zero-order chi connectivity index (χ0) is 19.2. The van der Waals surface area contributed by atoms with Crippen molar-refractivity contribution in [3.05, 3.63) is 78.1 Å². The summed E-state index contributed by atoms with van der Waals surface area (Å²) in [6.07, 6.45) is 4.12. The van der Waals surface area contributed by atoms with Gasteiger partial charge < -0.3 is 5.32 Å². The van der Waals surface area contributed by atoms with E-state index in [2.05, 4.69) is 32.5 Å². The Labute approximate surface area is 165 Å². The summed E-state index contributed by atoms with van der Waals surface area (Å²) in [5.74, 6) is 0.495. The number of aromatic amines is 1. The van der Waals surface area contributed by atoms with Crippen LogP contribution in [0.5, 0.6) is 0 Å². The van der Waals surface area contributed by atoms with Gasteiger partial charge in [-0.05, 0) is 54.6 Å². The maximum Gasteiger partial charge on any atom is 0.251 e. The molecule has 1 fully saturated rings. The van der Waals surface area contributed by atoms with Gasteiger partial charge in [-0.25, -0.2) is 0 Å². The van der Waals surface area contributed by atoms with Gasteiger partial charge in [0.25, 0.3) is 5.91 Å². The van der Waals surface area contributed by atoms with Gasteiger partial charge >= 0.3 is 0 Å². The van der Waals surface area contributed by atoms with Crippen LogP contribution in [0.1, 0.15) is 28.9 Å². The number of nitrogens with zero attached hydrogens (tertiary/aromatic N) is 2. The first-order valence-electron chi connectivity index (χ1n) is 9.92. The normalized spacial score (nSPS) is 17.4. The van der Waals surface area contributed by atoms with Crippen molar-refractivity contribution >= 4 is 5.91 Å². The van der Waals surface area contributed by atoms with Gasteiger partial charge in [-0.2, -0.15) is 5.10 Å². The van der Waals surface area contributed by atoms with E-state index in [1.807, 2.05) is 48.5 Å². The van der Waals surface area contributed by atoms with E-state index < -0.39 is 0 Å². The van der Waals surface area contributed by atoms with Gasteiger partial charge in [0.05, 0.1) is 0 Å². The van der Waals surface area contributed by atoms with Crippen LogP contribution in [0, 0.1) is 5.92 Å². The molecule has 1 aliphatic heterocycles. The molecule has 5 heteroatoms. The minimum atomic E-state index is 0.00491. The molecule has 1 aliphatic rings. The van der Waals surface area contributed by atoms with E-state index in [9.17, 15) is 4.79 Å². The van der Waals surface area contributed by atoms with Gasteiger partial charge in [-0.1, -0.05) is 42.5 Å². The first-order chi connectivity index (χ1) is 13.8. The molecule has 0 aliphatic carbocycles. The Morgan fingerprint density at radius 2 is 1.86 bits per heavy atom. The molecule has 0 spiro atoms. The van der Waals surface area contributed by atoms with Crippen LogP contribution in [0.4, 0.5) is 0 Å². The average molecular weight is 374 g/mol. The second kappa shape index (κ2) is 8.85. The molecule has 1 aromatic heterocycles. The number of nitrogens with one attached hydrogen (secondary N) is 2. The number of aromatic nitrogens is 2. The summed E-state index contributed by atoms with van der Waals surface area (Å²) in [5, 5.41) is 10.2. The SMILES string of the molecule is O=C(NCC1CCCN(Cc2ccn[nH]2)C1)c1ccc(-c2ccccc2)cc1. The largest absolute Gasteiger partial charge is 0.352 e. The van der Waals surface area contributed by atoms with Crippen LogP contribution in [0.25, 0.3) is 11.1 Å². The second-order valence-electron chi connectivity index (χ2n) is 7.48. The summed E-state index contributed by atoms with van der Waals surface area (Å²) >= 11 is 0. The quantitative estimate of drug-likeness (QED) is 0.691. The zero-order valence-corrected chi connectivity index (χ0v) is 16.0. The fourth-order valence-electron chi connectivity index (χ4n) is 3.86. The van der Waals surface area contributed by atoms with Crippen molar-refractivity contribution in [1.82, 2.24) is 20.4 Å². The van der Waals surface area contributed by atoms with Crippen molar-refractivity contribution < 1.29 is 4.79 Å². The van der Waals surface area contributed by atoms with Crippen LogP contribution in [0.2, 0.25) is 0 Å². The van der Waals surface area contributed by atoms with Crippen LogP contribution in [-0.2, 0) is 6.54 Å². The average Bonchev–Trinajstić information content (AvgIpc) is 3.26. The van der Waals surface area contributed by atoms with E-state index in [0.29, 0.717) is 11.5 Å². The van der Waals surface area contributed by atoms with Crippen molar-refractivity contribution in [2.45, 2.75) is 19.4 Å². The molecule has 0 saturated carbocycles. The van der Waals surface area contributed by atoms with Crippen molar-refractivity contribution in [2.75, 3.05) is 19.6 Å². The number of hydrogen-bond acceptors (Lipinski definition) is 3. The van der Waals surface area contributed by atoms with Gasteiger partial charge in [-0.3, -0.25) is 14.8 Å². The molecule has 144 valence electrons. The molecule has 0 bridgehead atoms. The minimum absolute atomic E-state index is 0.00491. The number of rotatable bonds is 6. The van der Waals surface area contributed by atoms with Gasteiger partial charge in [0.1, 0.15) is 0 Å². The minimum Gasteiger partial charge on any atom is -0.352 e. The Bertz CT molecular complexity index is 875. The molecule has 2 N–H and O–H groups in total. The van der Waals surface area contributed by atoms with E-state index in [1.165, 1.54) is 6.42 Å². The van der Waals surface area contributed by atoms with Crippen LogP contribution < -0.4 is 5.32 Å². The third-order valence-electron chi connectivity index (χ3n) is 5.36. The topological polar surface area (TPSA) is 61.0 Å². The number of benzene rings is 2. The monoisotopic (exact) mass is 374 g/mol. The van der Waals surface area contributed by atoms with E-state index in [4.69, 9.17) is 0 Å². The van der Waals surface area contributed by atoms with Crippen LogP contribution in [0.3, 0.4) is 0 Å². The molecule has 1 amide bonds. The lowest BCUT2D eigenvalue weighted by molar-refractivity contribution is 0.0930. The molecule has 5 nitrogen and oxygen atoms in total. The molecule has 1 saturated heterocycles. The van der Waals surface area contributed by atoms with Crippen molar-refractivity contribution in [3.63, 3.8) is 0 Å². The number of amides is 1. The molecule has 0 radical (unpaired) electrons. The fraction of sp³-hybridized carbons (Fsp3) is 0.304. The highest BCUT2D eigenvalue weighted by Gasteiger charge is 2.21. The summed E-state index contributed by atoms with van der Waals surface area (Å²) in [6.45, 7) is 3.72. The highest BCUT2D eigenvalue weighted by molar-refractivity contribution is 5.94. The van der Waals surface area contributed by atoms with Crippen molar-refractivity contribution in [1.29, 1.82) is 0 Å². The Morgan fingerprint density at radius 1 is 1.07 bits per heavy atom. The summed E-state index contributed by atoms with van der Waals surface area (Å²) < 4.78 is 0. The molecule has 3 aromatic rings. The second-order valence-corrected chi connectivity index (χ2v) is 7.48. The maximum absolute atomic E-state index is 12.5. The molecular weight excluding hydrogens is 348 g/mol. The number of piperidine rings is 1. The predicted molar refractivity (Wildman–Crippen MR) is 111 cm³/mol. The number of carbonyl (C=O) groups is 1. The molecule has 1 atom stereocenters. The Morgan fingerprint density at radius 3 is 2.61 bits per heavy atom. The highest BCUT2D eigenvalue weighted by atomic mass is 16.1. The fourth-order valence-corrected chi connectivity index (χ4v) is 3.86. The highest BCUT2D eigenvalue weighted by Crippen LogP contribution is 2.20. The number of carbonyl (C=O) groups excluding carboxylic acids is 1. The third-order valence-corrected chi connectivity index (χ3v) is 5.36. The lowest BCUT2D eigenvalue weighted by atomic mass is 9.97. The third kappa shape index (κ3) is 4.67. The first-order valence-corrected chi connectivity index (χ1v) is 9.92. The predicted octanol–water partition coefficient (Wildman–Crippen LogP) is 3.72. The van der Waals surface area contributed by atoms with E-state index in [0.717, 1.165) is 49.4 Å². The number of H-pyrrole nitrogens is 1. The maximum atomic E-state index is 12.5. The Hall–Kier alpha value is -2.92. The number of likely N-dealkylation sites (tertiary alicyclic amines) is 1. The van der Waals surface area contributed by atoms with Crippen molar-refractivity contribution in [2.24, 2.45) is 5.92 Å². The Balaban J connectivity index is 1.29. The van der Waals surface area contributed by atoms with E-state index >= 15 is 0 Å². The van der Waals surface area contributed by atoms with E-state index in [1.54, 1.807) is 6.20 Å². The van der Waals surface area contributed by atoms with Crippen LogP contribution >= 0.6 is 0 Å². The van der Waals surface area contributed by atoms with Crippen LogP contribution in [-0.4, -0.2) is 40.6 Å². The summed E-state index contributed by atoms with van der Waals surface area (Å²) in [4.78, 5) is 15.0. The lowest BCUT2D eigenvalue weighted by Gasteiger charge is -2.32. The zero-order valence-electron chi connectivity index (χ0n) is 16.0. The van der Waals surface area contributed by atoms with Gasteiger partial charge in [-0.15, -0.1) is 0 Å². The summed E-state index contributed by atoms with van der Waals surface area (Å²) in [6, 6.07) is 20.1. The van der Waals surface area contributed by atoms with Crippen molar-refractivity contribution in [3.8, 4) is 11.1 Å². The van der Waals surface area contributed by atoms with E-state index in [-0.39, 0.29) is 5.91 Å². The molecule has 2 heterocycles. The van der Waals surface area contributed by atoms with Gasteiger partial charge in [0.15, 0.2) is 0 Å². The molecule has 2 aromatic carbocycles. The van der Waals surface area contributed by atoms with Crippen LogP contribution in [0.15, 0.2) is 66.9 Å². The smallest absolute Gasteiger partial charge is 0.251 e. The number of hydrogen-bond donors (Lipinski definition) is 2. The standard InChI is InChI=1S/C23H26N4O/c28-23(21-10-8-20(9-11-21)19-6-2-1-3-7-19)24-15-18-5-4-14-27(16-18)17-22-12-13-25-26-22/h1-3,6-13,18H,4-5,14-17H2,(H,24,28)(H,25,26). The summed E-state index contributed by atoms with van der Waals surface area (Å²) in [7, 11) is 0. The molecule has 28 heavy (non-hydrogen) atoms. The van der Waals surface area contributed by atoms with Gasteiger partial charge in [0, 0.05) is 37.1 Å². The summed E-state index contributed by atoms with van der Waals surface area (Å²) in [5.41, 5.74) is 4.14.